The van der Waals surface area contributed by atoms with Gasteiger partial charge in [0.25, 0.3) is 11.8 Å². The van der Waals surface area contributed by atoms with Crippen LogP contribution in [-0.4, -0.2) is 39.0 Å². The topological polar surface area (TPSA) is 132 Å². The molecule has 218 valence electrons. The molecule has 0 saturated carbocycles. The predicted molar refractivity (Wildman–Crippen MR) is 173 cm³/mol. The number of carbonyl (C=O) groups excluding carboxylic acids is 2. The van der Waals surface area contributed by atoms with Crippen LogP contribution in [0.2, 0.25) is 5.02 Å². The van der Waals surface area contributed by atoms with Crippen LogP contribution in [0, 0.1) is 13.8 Å². The van der Waals surface area contributed by atoms with Crippen molar-refractivity contribution in [1.29, 1.82) is 0 Å². The number of hydrogen-bond donors (Lipinski definition) is 3. The number of thiazole rings is 1. The Labute approximate surface area is 287 Å². The maximum absolute atomic E-state index is 12.0. The molecule has 0 spiro atoms. The monoisotopic (exact) mass is 644 g/mol. The summed E-state index contributed by atoms with van der Waals surface area (Å²) in [5.41, 5.74) is 3.83. The summed E-state index contributed by atoms with van der Waals surface area (Å²) in [6, 6.07) is 21.7. The van der Waals surface area contributed by atoms with E-state index in [0.29, 0.717) is 32.7 Å². The summed E-state index contributed by atoms with van der Waals surface area (Å²) in [5, 5.41) is 17.6. The van der Waals surface area contributed by atoms with Crippen LogP contribution in [0.25, 0.3) is 10.3 Å². The standard InChI is InChI=1S/C14H12ClN3OS.C14H11N3OS.CH3O.CH4.Na/c1-9-7-11(15)12(16-8-9)17-14(20)18-13(19)10-5-3-2-4-6-10;1-9-7-11-12(15-8-9)16-14(19-11)17-13(18)10-5-3-2-4-6-10;1-2;;/h2-8H,1H3,(H2,16,17,18,19,20);2-8H,1H3,(H,15,16,17,18);1H3;1H4;/q;;-1;;+1. The molecule has 3 aromatic heterocycles. The molecule has 3 heterocycles. The van der Waals surface area contributed by atoms with Gasteiger partial charge >= 0.3 is 29.6 Å². The van der Waals surface area contributed by atoms with Crippen LogP contribution in [0.3, 0.4) is 0 Å². The van der Waals surface area contributed by atoms with Crippen molar-refractivity contribution in [2.24, 2.45) is 0 Å². The van der Waals surface area contributed by atoms with E-state index in [9.17, 15) is 9.59 Å². The Bertz CT molecular complexity index is 1640. The van der Waals surface area contributed by atoms with Crippen molar-refractivity contribution in [2.75, 3.05) is 17.7 Å². The molecular formula is C30H30ClN6NaO3S2. The summed E-state index contributed by atoms with van der Waals surface area (Å²) in [7, 11) is 0.750. The van der Waals surface area contributed by atoms with Crippen molar-refractivity contribution >= 4 is 73.4 Å². The Hall–Kier alpha value is -3.29. The number of aromatic nitrogens is 3. The van der Waals surface area contributed by atoms with E-state index in [1.165, 1.54) is 11.3 Å². The maximum atomic E-state index is 12.0. The summed E-state index contributed by atoms with van der Waals surface area (Å²) >= 11 is 12.5. The molecule has 13 heteroatoms. The smallest absolute Gasteiger partial charge is 0.857 e. The molecule has 0 saturated heterocycles. The summed E-state index contributed by atoms with van der Waals surface area (Å²) in [6.45, 7) is 3.87. The summed E-state index contributed by atoms with van der Waals surface area (Å²) in [6.07, 6.45) is 3.43. The first kappa shape index (κ1) is 37.7. The average molecular weight is 645 g/mol. The average Bonchev–Trinajstić information content (AvgIpc) is 3.38. The third kappa shape index (κ3) is 11.7. The molecule has 0 atom stereocenters. The van der Waals surface area contributed by atoms with Gasteiger partial charge in [-0.05, 0) is 73.6 Å². The number of aryl methyl sites for hydroxylation is 2. The van der Waals surface area contributed by atoms with Gasteiger partial charge in [0, 0.05) is 23.5 Å². The molecule has 0 unspecified atom stereocenters. The Morgan fingerprint density at radius 1 is 0.837 bits per heavy atom. The minimum absolute atomic E-state index is 0. The van der Waals surface area contributed by atoms with Crippen LogP contribution < -0.4 is 50.6 Å². The maximum Gasteiger partial charge on any atom is 1.00 e. The van der Waals surface area contributed by atoms with Gasteiger partial charge in [-0.2, -0.15) is 12.1 Å². The second-order valence-corrected chi connectivity index (χ2v) is 10.1. The number of pyridine rings is 2. The third-order valence-corrected chi connectivity index (χ3v) is 6.51. The van der Waals surface area contributed by atoms with Crippen molar-refractivity contribution < 1.29 is 44.3 Å². The van der Waals surface area contributed by atoms with Crippen LogP contribution in [0.5, 0.6) is 0 Å². The number of nitrogens with one attached hydrogen (secondary N) is 3. The number of fused-ring (bicyclic) bond motifs is 1. The third-order valence-electron chi connectivity index (χ3n) is 5.11. The molecule has 5 aromatic rings. The zero-order valence-electron chi connectivity index (χ0n) is 23.3. The van der Waals surface area contributed by atoms with E-state index in [1.807, 2.05) is 44.2 Å². The van der Waals surface area contributed by atoms with E-state index in [2.05, 4.69) is 30.9 Å². The molecule has 0 radical (unpaired) electrons. The molecular weight excluding hydrogens is 615 g/mol. The fourth-order valence-electron chi connectivity index (χ4n) is 3.26. The van der Waals surface area contributed by atoms with E-state index < -0.39 is 0 Å². The Morgan fingerprint density at radius 2 is 1.37 bits per heavy atom. The summed E-state index contributed by atoms with van der Waals surface area (Å²) in [5.74, 6) is -0.0293. The molecule has 0 aliphatic carbocycles. The van der Waals surface area contributed by atoms with Gasteiger partial charge in [0.1, 0.15) is 0 Å². The van der Waals surface area contributed by atoms with Crippen molar-refractivity contribution in [1.82, 2.24) is 20.3 Å². The van der Waals surface area contributed by atoms with Gasteiger partial charge in [0.05, 0.1) is 9.72 Å². The van der Waals surface area contributed by atoms with E-state index in [4.69, 9.17) is 28.9 Å². The van der Waals surface area contributed by atoms with Crippen LogP contribution in [0.4, 0.5) is 10.9 Å². The van der Waals surface area contributed by atoms with Gasteiger partial charge in [-0.15, -0.1) is 0 Å². The zero-order chi connectivity index (χ0) is 29.8. The summed E-state index contributed by atoms with van der Waals surface area (Å²) < 4.78 is 0.975. The Kier molecular flexibility index (Phi) is 16.7. The Balaban J connectivity index is 0.000000390. The van der Waals surface area contributed by atoms with Crippen LogP contribution in [0.1, 0.15) is 39.3 Å². The molecule has 43 heavy (non-hydrogen) atoms. The first-order chi connectivity index (χ1) is 19.8. The second kappa shape index (κ2) is 19.1. The van der Waals surface area contributed by atoms with Crippen molar-refractivity contribution in [2.45, 2.75) is 21.3 Å². The molecule has 9 nitrogen and oxygen atoms in total. The van der Waals surface area contributed by atoms with E-state index in [1.54, 1.807) is 54.9 Å². The van der Waals surface area contributed by atoms with Crippen LogP contribution in [0.15, 0.2) is 85.2 Å². The minimum atomic E-state index is -0.286. The number of rotatable bonds is 4. The predicted octanol–water partition coefficient (Wildman–Crippen LogP) is 3.04. The van der Waals surface area contributed by atoms with Gasteiger partial charge in [0.2, 0.25) is 0 Å². The number of benzene rings is 2. The van der Waals surface area contributed by atoms with Crippen LogP contribution in [-0.2, 0) is 0 Å². The molecule has 0 bridgehead atoms. The number of thiocarbonyl (C=S) groups is 1. The van der Waals surface area contributed by atoms with Crippen molar-refractivity contribution in [3.63, 3.8) is 0 Å². The normalized spacial score (nSPS) is 9.42. The number of halogens is 1. The van der Waals surface area contributed by atoms with Crippen LogP contribution >= 0.6 is 35.2 Å². The number of anilines is 2. The quantitative estimate of drug-likeness (QED) is 0.201. The first-order valence-corrected chi connectivity index (χ1v) is 13.7. The number of hydrogen-bond acceptors (Lipinski definition) is 8. The molecule has 2 aromatic carbocycles. The second-order valence-electron chi connectivity index (χ2n) is 8.29. The molecule has 2 amide bonds. The zero-order valence-corrected chi connectivity index (χ0v) is 27.7. The van der Waals surface area contributed by atoms with Gasteiger partial charge in [0.15, 0.2) is 21.7 Å². The SMILES string of the molecule is C.C[O-].Cc1cnc(NC(=S)NC(=O)c2ccccc2)c(Cl)c1.Cc1cnc2nc(NC(=O)c3ccccc3)sc2c1.[Na+]. The number of nitrogens with zero attached hydrogens (tertiary/aromatic N) is 3. The van der Waals surface area contributed by atoms with E-state index >= 15 is 0 Å². The van der Waals surface area contributed by atoms with E-state index in [0.717, 1.165) is 22.9 Å². The van der Waals surface area contributed by atoms with Gasteiger partial charge in [-0.1, -0.05) is 66.8 Å². The summed E-state index contributed by atoms with van der Waals surface area (Å²) in [4.78, 5) is 36.5. The van der Waals surface area contributed by atoms with E-state index in [-0.39, 0.29) is 53.9 Å². The molecule has 3 N–H and O–H groups in total. The fraction of sp³-hybridized carbons (Fsp3) is 0.133. The van der Waals surface area contributed by atoms with Gasteiger partial charge in [-0.3, -0.25) is 20.2 Å². The van der Waals surface area contributed by atoms with Gasteiger partial charge in [-0.25, -0.2) is 9.97 Å². The molecule has 0 aliphatic heterocycles. The first-order valence-electron chi connectivity index (χ1n) is 12.1. The number of amides is 2. The fourth-order valence-corrected chi connectivity index (χ4v) is 4.63. The number of carbonyl (C=O) groups is 2. The minimum Gasteiger partial charge on any atom is -0.857 e. The largest absolute Gasteiger partial charge is 1.00 e. The molecule has 5 rings (SSSR count). The van der Waals surface area contributed by atoms with Crippen molar-refractivity contribution in [3.8, 4) is 0 Å². The van der Waals surface area contributed by atoms with Gasteiger partial charge < -0.3 is 10.4 Å². The molecule has 0 fully saturated rings. The van der Waals surface area contributed by atoms with Crippen molar-refractivity contribution in [3.05, 3.63) is 112 Å². The Morgan fingerprint density at radius 3 is 1.95 bits per heavy atom. The molecule has 0 aliphatic rings.